The van der Waals surface area contributed by atoms with Crippen LogP contribution in [0.4, 0.5) is 26.3 Å². The van der Waals surface area contributed by atoms with E-state index in [1.165, 1.54) is 18.2 Å². The Kier molecular flexibility index (Phi) is 11.5. The molecule has 0 fully saturated rings. The topological polar surface area (TPSA) is 74.2 Å². The molecule has 1 aliphatic rings. The Balaban J connectivity index is 2.14. The molecule has 2 atom stereocenters. The minimum absolute atomic E-state index is 0.00397. The van der Waals surface area contributed by atoms with Crippen molar-refractivity contribution in [1.82, 2.24) is 0 Å². The minimum atomic E-state index is -4.69. The van der Waals surface area contributed by atoms with E-state index in [9.17, 15) is 36.2 Å². The molecule has 1 unspecified atom stereocenters. The highest BCUT2D eigenvalue weighted by atomic mass is 19.4. The van der Waals surface area contributed by atoms with Crippen LogP contribution >= 0.6 is 0 Å². The molecule has 0 bridgehead atoms. The zero-order chi connectivity index (χ0) is 29.1. The summed E-state index contributed by atoms with van der Waals surface area (Å²) in [7, 11) is 0. The molecule has 0 amide bonds. The lowest BCUT2D eigenvalue weighted by Gasteiger charge is -2.29. The lowest BCUT2D eigenvalue weighted by molar-refractivity contribution is -0.191. The van der Waals surface area contributed by atoms with E-state index >= 15 is 0 Å². The van der Waals surface area contributed by atoms with Crippen LogP contribution in [0.2, 0.25) is 0 Å². The number of para-hydroxylation sites is 1. The van der Waals surface area contributed by atoms with Crippen LogP contribution in [-0.2, 0) is 25.4 Å². The largest absolute Gasteiger partial charge is 0.489 e. The summed E-state index contributed by atoms with van der Waals surface area (Å²) in [6.45, 7) is 0.191. The summed E-state index contributed by atoms with van der Waals surface area (Å²) < 4.78 is 96.8. The summed E-state index contributed by atoms with van der Waals surface area (Å²) in [5, 5.41) is 9.33. The predicted molar refractivity (Wildman–Crippen MR) is 129 cm³/mol. The average molecular weight is 563 g/mol. The van der Waals surface area contributed by atoms with Gasteiger partial charge >= 0.3 is 18.3 Å². The zero-order valence-electron chi connectivity index (χ0n) is 21.2. The predicted octanol–water partition coefficient (Wildman–Crippen LogP) is 5.79. The molecule has 0 saturated heterocycles. The van der Waals surface area contributed by atoms with Gasteiger partial charge < -0.3 is 24.1 Å². The Morgan fingerprint density at radius 1 is 1.13 bits per heavy atom. The van der Waals surface area contributed by atoms with E-state index in [1.807, 2.05) is 0 Å². The number of carbonyl (C=O) groups is 1. The first-order valence-corrected chi connectivity index (χ1v) is 11.8. The van der Waals surface area contributed by atoms with Crippen molar-refractivity contribution >= 4 is 5.97 Å². The van der Waals surface area contributed by atoms with Gasteiger partial charge in [-0.3, -0.25) is 0 Å². The van der Waals surface area contributed by atoms with Crippen LogP contribution in [0.5, 0.6) is 5.75 Å². The average Bonchev–Trinajstić information content (AvgIpc) is 2.85. The van der Waals surface area contributed by atoms with Gasteiger partial charge in [0.15, 0.2) is 18.3 Å². The second kappa shape index (κ2) is 14.1. The number of allylic oxidation sites excluding steroid dienone is 3. The quantitative estimate of drug-likeness (QED) is 0.257. The molecule has 39 heavy (non-hydrogen) atoms. The van der Waals surface area contributed by atoms with Crippen LogP contribution in [-0.4, -0.2) is 61.6 Å². The fraction of sp³-hybridized carbons (Fsp3) is 0.444. The molecule has 1 aromatic carbocycles. The fourth-order valence-corrected chi connectivity index (χ4v) is 3.34. The highest BCUT2D eigenvalue weighted by molar-refractivity contribution is 5.73. The molecule has 0 aromatic heterocycles. The van der Waals surface area contributed by atoms with Gasteiger partial charge in [0.05, 0.1) is 0 Å². The summed E-state index contributed by atoms with van der Waals surface area (Å²) in [5.74, 6) is 4.33. The first kappa shape index (κ1) is 31.8. The van der Waals surface area contributed by atoms with E-state index in [2.05, 4.69) is 11.8 Å². The molecule has 1 N–H and O–H groups in total. The SMILES string of the molecule is CCO[C@@H](Cc1ccccc1OC/C=C(\C)C#CC1(OCC(F)(F)F)C=CC=C(OCC(F)(F)F)C1)C(=O)O. The number of carboxylic acids is 1. The monoisotopic (exact) mass is 562 g/mol. The second-order valence-corrected chi connectivity index (χ2v) is 8.41. The lowest BCUT2D eigenvalue weighted by Crippen LogP contribution is -2.35. The van der Waals surface area contributed by atoms with Crippen molar-refractivity contribution in [1.29, 1.82) is 0 Å². The Hall–Kier alpha value is -3.43. The van der Waals surface area contributed by atoms with Crippen molar-refractivity contribution in [3.8, 4) is 17.6 Å². The third-order valence-corrected chi connectivity index (χ3v) is 5.12. The molecule has 12 heteroatoms. The molecule has 1 aliphatic carbocycles. The number of rotatable bonds is 12. The number of aliphatic carboxylic acids is 1. The van der Waals surface area contributed by atoms with Crippen LogP contribution in [0, 0.1) is 11.8 Å². The first-order valence-electron chi connectivity index (χ1n) is 11.8. The van der Waals surface area contributed by atoms with Gasteiger partial charge in [-0.15, -0.1) is 0 Å². The number of hydrogen-bond donors (Lipinski definition) is 1. The van der Waals surface area contributed by atoms with Gasteiger partial charge in [0.1, 0.15) is 24.7 Å². The number of carboxylic acid groups (broad SMARTS) is 1. The van der Waals surface area contributed by atoms with Crippen molar-refractivity contribution in [3.05, 3.63) is 65.5 Å². The highest BCUT2D eigenvalue weighted by Crippen LogP contribution is 2.31. The van der Waals surface area contributed by atoms with E-state index in [0.29, 0.717) is 16.9 Å². The minimum Gasteiger partial charge on any atom is -0.489 e. The number of alkyl halides is 6. The van der Waals surface area contributed by atoms with Crippen molar-refractivity contribution in [2.45, 2.75) is 50.7 Å². The molecule has 214 valence electrons. The molecule has 0 aliphatic heterocycles. The van der Waals surface area contributed by atoms with E-state index in [4.69, 9.17) is 18.9 Å². The van der Waals surface area contributed by atoms with Gasteiger partial charge in [-0.25, -0.2) is 4.79 Å². The third kappa shape index (κ3) is 11.9. The van der Waals surface area contributed by atoms with Gasteiger partial charge in [-0.1, -0.05) is 36.1 Å². The summed E-state index contributed by atoms with van der Waals surface area (Å²) in [6.07, 6.45) is -5.56. The Bertz CT molecular complexity index is 1130. The van der Waals surface area contributed by atoms with E-state index in [1.54, 1.807) is 44.2 Å². The van der Waals surface area contributed by atoms with Gasteiger partial charge in [0.2, 0.25) is 0 Å². The van der Waals surface area contributed by atoms with E-state index < -0.39 is 49.7 Å². The fourth-order valence-electron chi connectivity index (χ4n) is 3.34. The van der Waals surface area contributed by atoms with E-state index in [-0.39, 0.29) is 25.4 Å². The van der Waals surface area contributed by atoms with Gasteiger partial charge in [0.25, 0.3) is 0 Å². The molecule has 2 rings (SSSR count). The second-order valence-electron chi connectivity index (χ2n) is 8.41. The summed E-state index contributed by atoms with van der Waals surface area (Å²) in [5.41, 5.74) is -0.875. The number of hydrogen-bond acceptors (Lipinski definition) is 5. The van der Waals surface area contributed by atoms with Gasteiger partial charge in [-0.05, 0) is 49.3 Å². The van der Waals surface area contributed by atoms with Crippen molar-refractivity contribution in [2.24, 2.45) is 0 Å². The molecule has 6 nitrogen and oxygen atoms in total. The molecular weight excluding hydrogens is 534 g/mol. The van der Waals surface area contributed by atoms with E-state index in [0.717, 1.165) is 0 Å². The lowest BCUT2D eigenvalue weighted by atomic mass is 9.93. The van der Waals surface area contributed by atoms with Crippen molar-refractivity contribution < 1.29 is 55.2 Å². The molecule has 0 saturated carbocycles. The molecule has 0 radical (unpaired) electrons. The summed E-state index contributed by atoms with van der Waals surface area (Å²) in [4.78, 5) is 11.4. The molecule has 0 heterocycles. The molecule has 0 spiro atoms. The standard InChI is InChI=1S/C27H28F6O6/c1-3-36-23(24(34)35)15-20-7-4-5-9-22(20)37-14-11-19(2)10-13-25(39-18-27(31,32)33)12-6-8-21(16-25)38-17-26(28,29)30/h4-9,11-12,23H,3,14-18H2,1-2H3,(H,34,35)/b19-11+/t23-,25?/m0/s1. The number of halogens is 6. The van der Waals surface area contributed by atoms with Crippen LogP contribution in [0.1, 0.15) is 25.8 Å². The van der Waals surface area contributed by atoms with Crippen LogP contribution in [0.25, 0.3) is 0 Å². The maximum atomic E-state index is 12.8. The third-order valence-electron chi connectivity index (χ3n) is 5.12. The van der Waals surface area contributed by atoms with Gasteiger partial charge in [0, 0.05) is 19.4 Å². The van der Waals surface area contributed by atoms with Crippen LogP contribution in [0.3, 0.4) is 0 Å². The van der Waals surface area contributed by atoms with Gasteiger partial charge in [-0.2, -0.15) is 26.3 Å². The van der Waals surface area contributed by atoms with Crippen LogP contribution in [0.15, 0.2) is 59.9 Å². The zero-order valence-corrected chi connectivity index (χ0v) is 21.2. The number of ether oxygens (including phenoxy) is 4. The number of benzene rings is 1. The molecular formula is C27H28F6O6. The Labute approximate surface area is 221 Å². The summed E-state index contributed by atoms with van der Waals surface area (Å²) >= 11 is 0. The summed E-state index contributed by atoms with van der Waals surface area (Å²) in [6, 6.07) is 6.77. The maximum absolute atomic E-state index is 12.8. The first-order chi connectivity index (χ1) is 18.2. The maximum Gasteiger partial charge on any atom is 0.422 e. The van der Waals surface area contributed by atoms with Crippen molar-refractivity contribution in [3.63, 3.8) is 0 Å². The van der Waals surface area contributed by atoms with Crippen LogP contribution < -0.4 is 4.74 Å². The highest BCUT2D eigenvalue weighted by Gasteiger charge is 2.38. The smallest absolute Gasteiger partial charge is 0.422 e. The molecule has 1 aromatic rings. The Morgan fingerprint density at radius 3 is 2.46 bits per heavy atom. The van der Waals surface area contributed by atoms with Crippen molar-refractivity contribution in [2.75, 3.05) is 26.4 Å². The normalized spacial score (nSPS) is 18.6. The Morgan fingerprint density at radius 2 is 1.82 bits per heavy atom.